The van der Waals surface area contributed by atoms with Gasteiger partial charge in [-0.3, -0.25) is 0 Å². The number of rotatable bonds is 2. The summed E-state index contributed by atoms with van der Waals surface area (Å²) in [7, 11) is -3.47. The molecule has 1 aromatic rings. The fourth-order valence-corrected chi connectivity index (χ4v) is 3.08. The van der Waals surface area contributed by atoms with Crippen molar-refractivity contribution >= 4 is 15.7 Å². The van der Waals surface area contributed by atoms with E-state index in [4.69, 9.17) is 5.73 Å². The Morgan fingerprint density at radius 1 is 1.25 bits per heavy atom. The lowest BCUT2D eigenvalue weighted by molar-refractivity contribution is 0.491. The Balaban J connectivity index is 3.18. The van der Waals surface area contributed by atoms with Gasteiger partial charge in [-0.15, -0.1) is 0 Å². The lowest BCUT2D eigenvalue weighted by atomic mass is 10.1. The zero-order chi connectivity index (χ0) is 12.6. The first kappa shape index (κ1) is 13.0. The minimum absolute atomic E-state index is 0.275. The van der Waals surface area contributed by atoms with Gasteiger partial charge in [-0.1, -0.05) is 0 Å². The Kier molecular flexibility index (Phi) is 3.30. The Hall–Kier alpha value is -1.07. The van der Waals surface area contributed by atoms with Crippen LogP contribution in [0, 0.1) is 6.92 Å². The maximum absolute atomic E-state index is 12.0. The molecule has 0 aliphatic rings. The lowest BCUT2D eigenvalue weighted by Crippen LogP contribution is -2.40. The van der Waals surface area contributed by atoms with Gasteiger partial charge in [0.05, 0.1) is 4.90 Å². The van der Waals surface area contributed by atoms with Gasteiger partial charge in [-0.2, -0.15) is 0 Å². The summed E-state index contributed by atoms with van der Waals surface area (Å²) < 4.78 is 26.7. The normalized spacial score (nSPS) is 12.8. The first-order valence-corrected chi connectivity index (χ1v) is 6.50. The van der Waals surface area contributed by atoms with E-state index in [0.717, 1.165) is 0 Å². The zero-order valence-corrected chi connectivity index (χ0v) is 10.9. The molecule has 0 saturated heterocycles. The zero-order valence-electron chi connectivity index (χ0n) is 10.0. The summed E-state index contributed by atoms with van der Waals surface area (Å²) in [6, 6.07) is 4.76. The van der Waals surface area contributed by atoms with Gasteiger partial charge in [-0.05, 0) is 51.5 Å². The third kappa shape index (κ3) is 3.21. The van der Waals surface area contributed by atoms with Gasteiger partial charge in [-0.25, -0.2) is 13.1 Å². The number of aryl methyl sites for hydroxylation is 1. The fraction of sp³-hybridized carbons (Fsp3) is 0.455. The van der Waals surface area contributed by atoms with Gasteiger partial charge in [0.1, 0.15) is 0 Å². The Labute approximate surface area is 96.9 Å². The van der Waals surface area contributed by atoms with Gasteiger partial charge in [0, 0.05) is 11.2 Å². The van der Waals surface area contributed by atoms with Crippen molar-refractivity contribution in [1.29, 1.82) is 0 Å². The maximum atomic E-state index is 12.0. The van der Waals surface area contributed by atoms with E-state index in [-0.39, 0.29) is 4.90 Å². The Morgan fingerprint density at radius 2 is 1.81 bits per heavy atom. The maximum Gasteiger partial charge on any atom is 0.241 e. The molecule has 0 aliphatic carbocycles. The van der Waals surface area contributed by atoms with E-state index in [2.05, 4.69) is 4.72 Å². The lowest BCUT2D eigenvalue weighted by Gasteiger charge is -2.21. The van der Waals surface area contributed by atoms with Crippen LogP contribution in [0.25, 0.3) is 0 Å². The van der Waals surface area contributed by atoms with Crippen LogP contribution in [0.3, 0.4) is 0 Å². The van der Waals surface area contributed by atoms with Crippen molar-refractivity contribution in [3.8, 4) is 0 Å². The largest absolute Gasteiger partial charge is 0.399 e. The van der Waals surface area contributed by atoms with E-state index in [1.54, 1.807) is 39.8 Å². The topological polar surface area (TPSA) is 72.2 Å². The highest BCUT2D eigenvalue weighted by Gasteiger charge is 2.23. The van der Waals surface area contributed by atoms with Gasteiger partial charge in [0.25, 0.3) is 0 Å². The van der Waals surface area contributed by atoms with Gasteiger partial charge in [0.2, 0.25) is 10.0 Å². The predicted molar refractivity (Wildman–Crippen MR) is 65.7 cm³/mol. The van der Waals surface area contributed by atoms with Crippen LogP contribution in [0.1, 0.15) is 26.3 Å². The molecular weight excluding hydrogens is 224 g/mol. The molecule has 1 aromatic carbocycles. The summed E-state index contributed by atoms with van der Waals surface area (Å²) >= 11 is 0. The number of nitrogens with one attached hydrogen (secondary N) is 1. The van der Waals surface area contributed by atoms with E-state index in [1.807, 2.05) is 0 Å². The first-order chi connectivity index (χ1) is 7.12. The van der Waals surface area contributed by atoms with Crippen LogP contribution in [-0.4, -0.2) is 14.0 Å². The van der Waals surface area contributed by atoms with E-state index < -0.39 is 15.6 Å². The van der Waals surface area contributed by atoms with Crippen molar-refractivity contribution in [2.75, 3.05) is 5.73 Å². The quantitative estimate of drug-likeness (QED) is 0.775. The van der Waals surface area contributed by atoms with Crippen LogP contribution in [0.5, 0.6) is 0 Å². The Morgan fingerprint density at radius 3 is 2.25 bits per heavy atom. The molecule has 90 valence electrons. The third-order valence-electron chi connectivity index (χ3n) is 1.93. The third-order valence-corrected chi connectivity index (χ3v) is 3.85. The van der Waals surface area contributed by atoms with Crippen molar-refractivity contribution in [2.24, 2.45) is 0 Å². The van der Waals surface area contributed by atoms with E-state index in [1.165, 1.54) is 6.07 Å². The summed E-state index contributed by atoms with van der Waals surface area (Å²) in [5.74, 6) is 0. The molecule has 16 heavy (non-hydrogen) atoms. The molecule has 0 atom stereocenters. The molecule has 0 saturated carbocycles. The summed E-state index contributed by atoms with van der Waals surface area (Å²) in [6.07, 6.45) is 0. The molecule has 0 radical (unpaired) electrons. The molecule has 0 fully saturated rings. The van der Waals surface area contributed by atoms with Crippen LogP contribution >= 0.6 is 0 Å². The van der Waals surface area contributed by atoms with Crippen LogP contribution in [0.4, 0.5) is 5.69 Å². The summed E-state index contributed by atoms with van der Waals surface area (Å²) in [6.45, 7) is 7.14. The highest BCUT2D eigenvalue weighted by Crippen LogP contribution is 2.19. The van der Waals surface area contributed by atoms with Gasteiger partial charge < -0.3 is 5.73 Å². The summed E-state index contributed by atoms with van der Waals surface area (Å²) in [4.78, 5) is 0.275. The SMILES string of the molecule is Cc1cc(N)ccc1S(=O)(=O)NC(C)(C)C. The Bertz CT molecular complexity index is 487. The summed E-state index contributed by atoms with van der Waals surface area (Å²) in [5, 5.41) is 0. The fourth-order valence-electron chi connectivity index (χ4n) is 1.43. The highest BCUT2D eigenvalue weighted by atomic mass is 32.2. The highest BCUT2D eigenvalue weighted by molar-refractivity contribution is 7.89. The molecule has 1 rings (SSSR count). The van der Waals surface area contributed by atoms with Gasteiger partial charge in [0.15, 0.2) is 0 Å². The molecule has 5 heteroatoms. The second-order valence-electron chi connectivity index (χ2n) is 4.88. The molecule has 0 amide bonds. The molecule has 4 nitrogen and oxygen atoms in total. The van der Waals surface area contributed by atoms with Crippen molar-refractivity contribution in [2.45, 2.75) is 38.1 Å². The number of hydrogen-bond acceptors (Lipinski definition) is 3. The van der Waals surface area contributed by atoms with Crippen LogP contribution in [0.15, 0.2) is 23.1 Å². The smallest absolute Gasteiger partial charge is 0.241 e. The minimum Gasteiger partial charge on any atom is -0.399 e. The number of benzene rings is 1. The molecule has 0 aliphatic heterocycles. The minimum atomic E-state index is -3.47. The molecule has 0 spiro atoms. The van der Waals surface area contributed by atoms with Crippen LogP contribution in [-0.2, 0) is 10.0 Å². The molecule has 0 aromatic heterocycles. The number of nitrogens with two attached hydrogens (primary N) is 1. The van der Waals surface area contributed by atoms with Crippen LogP contribution < -0.4 is 10.5 Å². The van der Waals surface area contributed by atoms with E-state index in [9.17, 15) is 8.42 Å². The number of anilines is 1. The van der Waals surface area contributed by atoms with Crippen molar-refractivity contribution < 1.29 is 8.42 Å². The second-order valence-corrected chi connectivity index (χ2v) is 6.53. The predicted octanol–water partition coefficient (Wildman–Crippen LogP) is 1.65. The molecular formula is C11H18N2O2S. The molecule has 3 N–H and O–H groups in total. The average molecular weight is 242 g/mol. The second kappa shape index (κ2) is 4.07. The van der Waals surface area contributed by atoms with Crippen molar-refractivity contribution in [3.05, 3.63) is 23.8 Å². The van der Waals surface area contributed by atoms with E-state index >= 15 is 0 Å². The van der Waals surface area contributed by atoms with Crippen molar-refractivity contribution in [1.82, 2.24) is 4.72 Å². The first-order valence-electron chi connectivity index (χ1n) is 5.02. The van der Waals surface area contributed by atoms with E-state index in [0.29, 0.717) is 11.3 Å². The molecule has 0 heterocycles. The monoisotopic (exact) mass is 242 g/mol. The number of sulfonamides is 1. The molecule has 0 unspecified atom stereocenters. The van der Waals surface area contributed by atoms with Crippen LogP contribution in [0.2, 0.25) is 0 Å². The number of hydrogen-bond donors (Lipinski definition) is 2. The standard InChI is InChI=1S/C11H18N2O2S/c1-8-7-9(12)5-6-10(8)16(14,15)13-11(2,3)4/h5-7,13H,12H2,1-4H3. The van der Waals surface area contributed by atoms with Crippen molar-refractivity contribution in [3.63, 3.8) is 0 Å². The summed E-state index contributed by atoms with van der Waals surface area (Å²) in [5.41, 5.74) is 6.30. The molecule has 0 bridgehead atoms. The number of nitrogen functional groups attached to an aromatic ring is 1. The van der Waals surface area contributed by atoms with Gasteiger partial charge >= 0.3 is 0 Å². The average Bonchev–Trinajstić information content (AvgIpc) is 1.97.